The quantitative estimate of drug-likeness (QED) is 0.786. The minimum atomic E-state index is 0.563. The molecule has 0 bridgehead atoms. The second-order valence-corrected chi connectivity index (χ2v) is 5.83. The molecule has 0 aromatic carbocycles. The van der Waals surface area contributed by atoms with E-state index in [1.54, 1.807) is 0 Å². The van der Waals surface area contributed by atoms with Crippen LogP contribution in [0, 0.1) is 0 Å². The average Bonchev–Trinajstić information content (AvgIpc) is 2.52. The molecule has 0 radical (unpaired) electrons. The Morgan fingerprint density at radius 1 is 1.35 bits per heavy atom. The highest BCUT2D eigenvalue weighted by Gasteiger charge is 2.26. The van der Waals surface area contributed by atoms with Crippen molar-refractivity contribution in [2.75, 3.05) is 31.6 Å². The maximum absolute atomic E-state index is 4.64. The lowest BCUT2D eigenvalue weighted by Gasteiger charge is -2.37. The van der Waals surface area contributed by atoms with Gasteiger partial charge in [-0.25, -0.2) is 4.98 Å². The summed E-state index contributed by atoms with van der Waals surface area (Å²) in [7, 11) is 2.14. The van der Waals surface area contributed by atoms with Crippen LogP contribution >= 0.6 is 0 Å². The van der Waals surface area contributed by atoms with Crippen LogP contribution in [0.2, 0.25) is 0 Å². The first-order valence-electron chi connectivity index (χ1n) is 8.18. The van der Waals surface area contributed by atoms with Gasteiger partial charge in [0.1, 0.15) is 5.82 Å². The van der Waals surface area contributed by atoms with Gasteiger partial charge in [-0.3, -0.25) is 4.90 Å². The van der Waals surface area contributed by atoms with Crippen molar-refractivity contribution in [1.29, 1.82) is 0 Å². The minimum absolute atomic E-state index is 0.563. The van der Waals surface area contributed by atoms with E-state index in [2.05, 4.69) is 47.8 Å². The van der Waals surface area contributed by atoms with E-state index in [-0.39, 0.29) is 0 Å². The second-order valence-electron chi connectivity index (χ2n) is 5.83. The average molecular weight is 275 g/mol. The lowest BCUT2D eigenvalue weighted by Crippen LogP contribution is -2.35. The minimum Gasteiger partial charge on any atom is -0.360 e. The summed E-state index contributed by atoms with van der Waals surface area (Å²) < 4.78 is 0. The van der Waals surface area contributed by atoms with Crippen molar-refractivity contribution in [3.05, 3.63) is 23.9 Å². The Bertz CT molecular complexity index is 405. The van der Waals surface area contributed by atoms with Gasteiger partial charge in [0.05, 0.1) is 0 Å². The highest BCUT2D eigenvalue weighted by Crippen LogP contribution is 2.35. The number of unbranched alkanes of at least 4 members (excludes halogenated alkanes) is 1. The van der Waals surface area contributed by atoms with E-state index in [4.69, 9.17) is 0 Å². The topological polar surface area (TPSA) is 19.4 Å². The van der Waals surface area contributed by atoms with Gasteiger partial charge in [-0.2, -0.15) is 0 Å². The zero-order chi connectivity index (χ0) is 14.4. The Morgan fingerprint density at radius 2 is 2.20 bits per heavy atom. The molecule has 1 atom stereocenters. The van der Waals surface area contributed by atoms with Crippen LogP contribution in [0.15, 0.2) is 18.3 Å². The summed E-state index contributed by atoms with van der Waals surface area (Å²) in [6, 6.07) is 4.94. The van der Waals surface area contributed by atoms with Gasteiger partial charge in [-0.15, -0.1) is 0 Å². The van der Waals surface area contributed by atoms with Crippen LogP contribution in [0.4, 0.5) is 5.82 Å². The van der Waals surface area contributed by atoms with Gasteiger partial charge >= 0.3 is 0 Å². The van der Waals surface area contributed by atoms with E-state index in [1.165, 1.54) is 56.6 Å². The van der Waals surface area contributed by atoms with E-state index < -0.39 is 0 Å². The summed E-state index contributed by atoms with van der Waals surface area (Å²) in [5, 5.41) is 0. The molecular formula is C17H29N3. The van der Waals surface area contributed by atoms with Crippen LogP contribution < -0.4 is 4.90 Å². The SMILES string of the molecule is CCCCN1CCCCC1c1cccnc1N(C)CC. The zero-order valence-electron chi connectivity index (χ0n) is 13.3. The molecule has 0 aliphatic carbocycles. The van der Waals surface area contributed by atoms with Crippen LogP contribution in [0.1, 0.15) is 57.6 Å². The van der Waals surface area contributed by atoms with Crippen molar-refractivity contribution in [1.82, 2.24) is 9.88 Å². The van der Waals surface area contributed by atoms with Crippen molar-refractivity contribution in [3.8, 4) is 0 Å². The zero-order valence-corrected chi connectivity index (χ0v) is 13.3. The Balaban J connectivity index is 2.23. The Hall–Kier alpha value is -1.09. The number of hydrogen-bond donors (Lipinski definition) is 0. The summed E-state index contributed by atoms with van der Waals surface area (Å²) in [5.41, 5.74) is 1.42. The van der Waals surface area contributed by atoms with Crippen LogP contribution in [-0.4, -0.2) is 36.6 Å². The smallest absolute Gasteiger partial charge is 0.133 e. The number of rotatable bonds is 6. The lowest BCUT2D eigenvalue weighted by atomic mass is 9.95. The molecule has 2 heterocycles. The van der Waals surface area contributed by atoms with Gasteiger partial charge in [-0.05, 0) is 45.3 Å². The predicted molar refractivity (Wildman–Crippen MR) is 86.3 cm³/mol. The third-order valence-electron chi connectivity index (χ3n) is 4.42. The van der Waals surface area contributed by atoms with Crippen molar-refractivity contribution in [2.45, 2.75) is 52.0 Å². The Kier molecular flexibility index (Phi) is 5.84. The molecule has 1 aliphatic rings. The lowest BCUT2D eigenvalue weighted by molar-refractivity contribution is 0.147. The summed E-state index contributed by atoms with van der Waals surface area (Å²) in [6.07, 6.45) is 8.47. The molecule has 1 aliphatic heterocycles. The number of pyridine rings is 1. The van der Waals surface area contributed by atoms with Crippen molar-refractivity contribution in [2.24, 2.45) is 0 Å². The van der Waals surface area contributed by atoms with Crippen LogP contribution in [-0.2, 0) is 0 Å². The number of anilines is 1. The monoisotopic (exact) mass is 275 g/mol. The maximum Gasteiger partial charge on any atom is 0.133 e. The third-order valence-corrected chi connectivity index (χ3v) is 4.42. The Morgan fingerprint density at radius 3 is 2.95 bits per heavy atom. The summed E-state index contributed by atoms with van der Waals surface area (Å²) in [5.74, 6) is 1.17. The number of likely N-dealkylation sites (tertiary alicyclic amines) is 1. The van der Waals surface area contributed by atoms with E-state index in [0.717, 1.165) is 6.54 Å². The number of piperidine rings is 1. The molecule has 1 unspecified atom stereocenters. The van der Waals surface area contributed by atoms with E-state index in [1.807, 2.05) is 6.20 Å². The second kappa shape index (κ2) is 7.63. The van der Waals surface area contributed by atoms with Crippen molar-refractivity contribution in [3.63, 3.8) is 0 Å². The molecule has 1 aromatic heterocycles. The van der Waals surface area contributed by atoms with Gasteiger partial charge in [0.25, 0.3) is 0 Å². The molecule has 2 rings (SSSR count). The first-order valence-corrected chi connectivity index (χ1v) is 8.18. The fraction of sp³-hybridized carbons (Fsp3) is 0.706. The summed E-state index contributed by atoms with van der Waals surface area (Å²) in [4.78, 5) is 9.58. The predicted octanol–water partition coefficient (Wildman–Crippen LogP) is 3.86. The van der Waals surface area contributed by atoms with Crippen LogP contribution in [0.3, 0.4) is 0 Å². The van der Waals surface area contributed by atoms with E-state index >= 15 is 0 Å². The molecule has 0 N–H and O–H groups in total. The molecule has 0 spiro atoms. The molecule has 0 saturated carbocycles. The van der Waals surface area contributed by atoms with Crippen molar-refractivity contribution >= 4 is 5.82 Å². The Labute approximate surface area is 124 Å². The summed E-state index contributed by atoms with van der Waals surface area (Å²) in [6.45, 7) is 7.94. The fourth-order valence-electron chi connectivity index (χ4n) is 3.11. The number of aromatic nitrogens is 1. The normalized spacial score (nSPS) is 20.1. The maximum atomic E-state index is 4.64. The van der Waals surface area contributed by atoms with Gasteiger partial charge in [0.15, 0.2) is 0 Å². The van der Waals surface area contributed by atoms with Gasteiger partial charge < -0.3 is 4.90 Å². The third kappa shape index (κ3) is 3.51. The number of hydrogen-bond acceptors (Lipinski definition) is 3. The molecule has 3 heteroatoms. The van der Waals surface area contributed by atoms with Crippen LogP contribution in [0.25, 0.3) is 0 Å². The standard InChI is InChI=1S/C17H29N3/c1-4-6-13-20-14-8-7-11-16(20)15-10-9-12-18-17(15)19(3)5-2/h9-10,12,16H,4-8,11,13-14H2,1-3H3. The highest BCUT2D eigenvalue weighted by molar-refractivity contribution is 5.47. The van der Waals surface area contributed by atoms with Crippen LogP contribution in [0.5, 0.6) is 0 Å². The molecular weight excluding hydrogens is 246 g/mol. The molecule has 0 amide bonds. The molecule has 3 nitrogen and oxygen atoms in total. The molecule has 20 heavy (non-hydrogen) atoms. The molecule has 1 aromatic rings. The largest absolute Gasteiger partial charge is 0.360 e. The van der Waals surface area contributed by atoms with Gasteiger partial charge in [0.2, 0.25) is 0 Å². The van der Waals surface area contributed by atoms with Gasteiger partial charge in [-0.1, -0.05) is 25.8 Å². The number of nitrogens with zero attached hydrogens (tertiary/aromatic N) is 3. The summed E-state index contributed by atoms with van der Waals surface area (Å²) >= 11 is 0. The first-order chi connectivity index (χ1) is 9.77. The fourth-order valence-corrected chi connectivity index (χ4v) is 3.11. The first kappa shape index (κ1) is 15.3. The molecule has 112 valence electrons. The van der Waals surface area contributed by atoms with E-state index in [0.29, 0.717) is 6.04 Å². The molecule has 1 fully saturated rings. The highest BCUT2D eigenvalue weighted by atomic mass is 15.2. The van der Waals surface area contributed by atoms with E-state index in [9.17, 15) is 0 Å². The van der Waals surface area contributed by atoms with Crippen molar-refractivity contribution < 1.29 is 0 Å². The molecule has 1 saturated heterocycles. The van der Waals surface area contributed by atoms with Gasteiger partial charge in [0, 0.05) is 31.4 Å².